The molecule has 3 nitrogen and oxygen atoms in total. The first-order valence-corrected chi connectivity index (χ1v) is 7.96. The molecule has 0 saturated carbocycles. The summed E-state index contributed by atoms with van der Waals surface area (Å²) < 4.78 is 0.534. The Balaban J connectivity index is 1.85. The van der Waals surface area contributed by atoms with Crippen LogP contribution in [0.25, 0.3) is 6.08 Å². The Hall–Kier alpha value is -1.33. The SMILES string of the molecule is Cc1cc(C=C2SC(=S)NC2=O)ccc1N1CCCC1. The lowest BCUT2D eigenvalue weighted by molar-refractivity contribution is -0.115. The van der Waals surface area contributed by atoms with Crippen molar-refractivity contribution >= 4 is 46.0 Å². The Morgan fingerprint density at radius 2 is 2.10 bits per heavy atom. The predicted octanol–water partition coefficient (Wildman–Crippen LogP) is 3.08. The van der Waals surface area contributed by atoms with Crippen LogP contribution >= 0.6 is 24.0 Å². The number of anilines is 1. The fraction of sp³-hybridized carbons (Fsp3) is 0.333. The number of benzene rings is 1. The smallest absolute Gasteiger partial charge is 0.263 e. The molecule has 2 aliphatic heterocycles. The quantitative estimate of drug-likeness (QED) is 0.672. The fourth-order valence-electron chi connectivity index (χ4n) is 2.65. The predicted molar refractivity (Wildman–Crippen MR) is 88.9 cm³/mol. The van der Waals surface area contributed by atoms with Crippen molar-refractivity contribution in [3.05, 3.63) is 34.2 Å². The first-order valence-electron chi connectivity index (χ1n) is 6.74. The largest absolute Gasteiger partial charge is 0.371 e. The van der Waals surface area contributed by atoms with E-state index in [-0.39, 0.29) is 5.91 Å². The third kappa shape index (κ3) is 2.74. The summed E-state index contributed by atoms with van der Waals surface area (Å²) in [5, 5.41) is 2.64. The number of thiocarbonyl (C=S) groups is 1. The molecule has 104 valence electrons. The zero-order chi connectivity index (χ0) is 14.1. The number of carbonyl (C=O) groups is 1. The van der Waals surface area contributed by atoms with E-state index in [0.29, 0.717) is 9.23 Å². The summed E-state index contributed by atoms with van der Waals surface area (Å²) >= 11 is 6.32. The van der Waals surface area contributed by atoms with E-state index < -0.39 is 0 Å². The molecule has 0 aromatic heterocycles. The molecule has 0 unspecified atom stereocenters. The second-order valence-electron chi connectivity index (χ2n) is 5.09. The number of nitrogens with one attached hydrogen (secondary N) is 1. The van der Waals surface area contributed by atoms with Crippen LogP contribution in [0.2, 0.25) is 0 Å². The lowest BCUT2D eigenvalue weighted by Gasteiger charge is -2.20. The summed E-state index contributed by atoms with van der Waals surface area (Å²) in [7, 11) is 0. The third-order valence-corrected chi connectivity index (χ3v) is 4.77. The zero-order valence-electron chi connectivity index (χ0n) is 11.3. The van der Waals surface area contributed by atoms with E-state index >= 15 is 0 Å². The van der Waals surface area contributed by atoms with Crippen molar-refractivity contribution in [3.8, 4) is 0 Å². The van der Waals surface area contributed by atoms with Crippen LogP contribution in [0.3, 0.4) is 0 Å². The van der Waals surface area contributed by atoms with Gasteiger partial charge in [-0.05, 0) is 49.1 Å². The standard InChI is InChI=1S/C15H16N2OS2/c1-10-8-11(9-13-14(18)16-15(19)20-13)4-5-12(10)17-6-2-3-7-17/h4-5,8-9H,2-3,6-7H2,1H3,(H,16,18,19). The normalized spacial score (nSPS) is 20.9. The molecule has 5 heteroatoms. The van der Waals surface area contributed by atoms with Crippen LogP contribution in [-0.2, 0) is 4.79 Å². The number of nitrogens with zero attached hydrogens (tertiary/aromatic N) is 1. The van der Waals surface area contributed by atoms with E-state index in [1.165, 1.54) is 35.9 Å². The summed E-state index contributed by atoms with van der Waals surface area (Å²) in [4.78, 5) is 14.8. The minimum absolute atomic E-state index is 0.0960. The second-order valence-corrected chi connectivity index (χ2v) is 6.81. The molecule has 1 amide bonds. The number of carbonyl (C=O) groups excluding carboxylic acids is 1. The lowest BCUT2D eigenvalue weighted by atomic mass is 10.1. The summed E-state index contributed by atoms with van der Waals surface area (Å²) in [6, 6.07) is 6.36. The number of amides is 1. The molecular weight excluding hydrogens is 288 g/mol. The maximum absolute atomic E-state index is 11.7. The van der Waals surface area contributed by atoms with E-state index in [9.17, 15) is 4.79 Å². The Labute approximate surface area is 128 Å². The second kappa shape index (κ2) is 5.58. The van der Waals surface area contributed by atoms with Gasteiger partial charge < -0.3 is 10.2 Å². The summed E-state index contributed by atoms with van der Waals surface area (Å²) in [5.41, 5.74) is 3.61. The van der Waals surface area contributed by atoms with Gasteiger partial charge in [0.05, 0.1) is 4.91 Å². The van der Waals surface area contributed by atoms with Gasteiger partial charge in [-0.3, -0.25) is 4.79 Å². The summed E-state index contributed by atoms with van der Waals surface area (Å²) in [5.74, 6) is -0.0960. The Morgan fingerprint density at radius 1 is 1.35 bits per heavy atom. The van der Waals surface area contributed by atoms with Crippen LogP contribution in [0.15, 0.2) is 23.1 Å². The maximum atomic E-state index is 11.7. The van der Waals surface area contributed by atoms with Crippen LogP contribution in [0.4, 0.5) is 5.69 Å². The molecule has 20 heavy (non-hydrogen) atoms. The van der Waals surface area contributed by atoms with Gasteiger partial charge in [0.15, 0.2) is 0 Å². The van der Waals surface area contributed by atoms with E-state index in [2.05, 4.69) is 35.3 Å². The molecule has 1 aromatic carbocycles. The van der Waals surface area contributed by atoms with Crippen LogP contribution in [0.1, 0.15) is 24.0 Å². The number of hydrogen-bond acceptors (Lipinski definition) is 4. The Bertz CT molecular complexity index is 604. The van der Waals surface area contributed by atoms with Crippen molar-refractivity contribution in [1.82, 2.24) is 5.32 Å². The summed E-state index contributed by atoms with van der Waals surface area (Å²) in [6.07, 6.45) is 4.46. The molecule has 2 saturated heterocycles. The van der Waals surface area contributed by atoms with Gasteiger partial charge in [0.2, 0.25) is 0 Å². The van der Waals surface area contributed by atoms with Crippen molar-refractivity contribution in [2.75, 3.05) is 18.0 Å². The molecule has 1 aromatic rings. The van der Waals surface area contributed by atoms with Gasteiger partial charge in [-0.2, -0.15) is 0 Å². The molecule has 0 aliphatic carbocycles. The van der Waals surface area contributed by atoms with Gasteiger partial charge in [0.1, 0.15) is 4.32 Å². The van der Waals surface area contributed by atoms with Gasteiger partial charge in [0, 0.05) is 18.8 Å². The van der Waals surface area contributed by atoms with Gasteiger partial charge in [-0.1, -0.05) is 30.0 Å². The number of rotatable bonds is 2. The fourth-order valence-corrected chi connectivity index (χ4v) is 3.70. The zero-order valence-corrected chi connectivity index (χ0v) is 12.9. The molecule has 0 atom stereocenters. The monoisotopic (exact) mass is 304 g/mol. The van der Waals surface area contributed by atoms with Gasteiger partial charge in [0.25, 0.3) is 5.91 Å². The highest BCUT2D eigenvalue weighted by Gasteiger charge is 2.22. The van der Waals surface area contributed by atoms with Gasteiger partial charge in [-0.25, -0.2) is 0 Å². The minimum Gasteiger partial charge on any atom is -0.371 e. The highest BCUT2D eigenvalue weighted by atomic mass is 32.2. The lowest BCUT2D eigenvalue weighted by Crippen LogP contribution is -2.18. The molecule has 3 rings (SSSR count). The molecular formula is C15H16N2OS2. The van der Waals surface area contributed by atoms with Crippen molar-refractivity contribution in [2.24, 2.45) is 0 Å². The highest BCUT2D eigenvalue weighted by molar-refractivity contribution is 8.26. The summed E-state index contributed by atoms with van der Waals surface area (Å²) in [6.45, 7) is 4.42. The molecule has 1 N–H and O–H groups in total. The average molecular weight is 304 g/mol. The van der Waals surface area contributed by atoms with Crippen molar-refractivity contribution in [2.45, 2.75) is 19.8 Å². The van der Waals surface area contributed by atoms with E-state index in [1.54, 1.807) is 0 Å². The number of thioether (sulfide) groups is 1. The van der Waals surface area contributed by atoms with Crippen LogP contribution < -0.4 is 10.2 Å². The van der Waals surface area contributed by atoms with Gasteiger partial charge >= 0.3 is 0 Å². The van der Waals surface area contributed by atoms with Crippen molar-refractivity contribution in [1.29, 1.82) is 0 Å². The number of hydrogen-bond donors (Lipinski definition) is 1. The Kier molecular flexibility index (Phi) is 3.81. The first kappa shape index (κ1) is 13.6. The first-order chi connectivity index (χ1) is 9.63. The molecule has 0 spiro atoms. The van der Waals surface area contributed by atoms with E-state index in [4.69, 9.17) is 12.2 Å². The number of aryl methyl sites for hydroxylation is 1. The van der Waals surface area contributed by atoms with E-state index in [0.717, 1.165) is 18.7 Å². The van der Waals surface area contributed by atoms with Crippen LogP contribution in [0.5, 0.6) is 0 Å². The molecule has 2 aliphatic rings. The van der Waals surface area contributed by atoms with Crippen LogP contribution in [0, 0.1) is 6.92 Å². The van der Waals surface area contributed by atoms with Gasteiger partial charge in [-0.15, -0.1) is 0 Å². The highest BCUT2D eigenvalue weighted by Crippen LogP contribution is 2.29. The maximum Gasteiger partial charge on any atom is 0.263 e. The molecule has 2 heterocycles. The molecule has 0 radical (unpaired) electrons. The topological polar surface area (TPSA) is 32.3 Å². The molecule has 2 fully saturated rings. The third-order valence-electron chi connectivity index (χ3n) is 3.61. The minimum atomic E-state index is -0.0960. The van der Waals surface area contributed by atoms with E-state index in [1.807, 2.05) is 6.08 Å². The van der Waals surface area contributed by atoms with Crippen molar-refractivity contribution < 1.29 is 4.79 Å². The van der Waals surface area contributed by atoms with Crippen LogP contribution in [-0.4, -0.2) is 23.3 Å². The molecule has 0 bridgehead atoms. The van der Waals surface area contributed by atoms with Crippen molar-refractivity contribution in [3.63, 3.8) is 0 Å². The average Bonchev–Trinajstić information content (AvgIpc) is 3.00. The Morgan fingerprint density at radius 3 is 2.70 bits per heavy atom.